The van der Waals surface area contributed by atoms with Gasteiger partial charge in [-0.25, -0.2) is 4.39 Å². The van der Waals surface area contributed by atoms with Crippen LogP contribution in [0.2, 0.25) is 5.02 Å². The Labute approximate surface area is 128 Å². The highest BCUT2D eigenvalue weighted by Crippen LogP contribution is 2.35. The summed E-state index contributed by atoms with van der Waals surface area (Å²) in [4.78, 5) is 0. The van der Waals surface area contributed by atoms with Crippen LogP contribution in [0.4, 0.5) is 4.39 Å². The van der Waals surface area contributed by atoms with Crippen molar-refractivity contribution in [3.05, 3.63) is 82.1 Å². The Kier molecular flexibility index (Phi) is 3.56. The minimum Gasteiger partial charge on any atom is -0.508 e. The van der Waals surface area contributed by atoms with Crippen LogP contribution >= 0.6 is 11.6 Å². The topological polar surface area (TPSA) is 20.2 Å². The van der Waals surface area contributed by atoms with Crippen LogP contribution in [0.3, 0.4) is 0 Å². The number of benzene rings is 2. The maximum atomic E-state index is 14.1. The summed E-state index contributed by atoms with van der Waals surface area (Å²) in [5.41, 5.74) is 4.01. The first-order valence-corrected chi connectivity index (χ1v) is 7.11. The predicted molar refractivity (Wildman–Crippen MR) is 84.9 cm³/mol. The molecule has 21 heavy (non-hydrogen) atoms. The average Bonchev–Trinajstić information content (AvgIpc) is 2.48. The molecule has 0 unspecified atom stereocenters. The lowest BCUT2D eigenvalue weighted by atomic mass is 9.85. The minimum absolute atomic E-state index is 0.00860. The third-order valence-corrected chi connectivity index (χ3v) is 3.95. The largest absolute Gasteiger partial charge is 0.508 e. The van der Waals surface area contributed by atoms with Crippen LogP contribution in [0.25, 0.3) is 11.3 Å². The van der Waals surface area contributed by atoms with Crippen molar-refractivity contribution in [2.45, 2.75) is 12.8 Å². The van der Waals surface area contributed by atoms with E-state index in [0.717, 1.165) is 29.5 Å². The molecule has 1 aliphatic rings. The first-order valence-electron chi connectivity index (χ1n) is 6.73. The number of aliphatic hydroxyl groups is 1. The molecule has 0 saturated heterocycles. The fourth-order valence-electron chi connectivity index (χ4n) is 2.67. The molecule has 0 aromatic heterocycles. The maximum absolute atomic E-state index is 14.1. The van der Waals surface area contributed by atoms with E-state index in [9.17, 15) is 9.50 Å². The molecule has 1 aliphatic carbocycles. The van der Waals surface area contributed by atoms with Crippen LogP contribution in [0.15, 0.2) is 49.1 Å². The van der Waals surface area contributed by atoms with Gasteiger partial charge in [-0.15, -0.1) is 0 Å². The standard InChI is InChI=1S/C18H14ClFO/c1-11(21)13-6-5-12-3-2-4-15(16(12)9-13)17-10-14(19)7-8-18(17)20/h4-10,21H,1-3H2. The molecular weight excluding hydrogens is 287 g/mol. The molecule has 0 amide bonds. The summed E-state index contributed by atoms with van der Waals surface area (Å²) in [6, 6.07) is 10.2. The second-order valence-electron chi connectivity index (χ2n) is 5.10. The molecule has 106 valence electrons. The molecule has 0 spiro atoms. The van der Waals surface area contributed by atoms with Gasteiger partial charge in [0.1, 0.15) is 11.6 Å². The van der Waals surface area contributed by atoms with Crippen LogP contribution in [0.5, 0.6) is 0 Å². The van der Waals surface area contributed by atoms with Crippen molar-refractivity contribution in [3.63, 3.8) is 0 Å². The fourth-order valence-corrected chi connectivity index (χ4v) is 2.84. The maximum Gasteiger partial charge on any atom is 0.131 e. The third kappa shape index (κ3) is 2.59. The van der Waals surface area contributed by atoms with Crippen molar-refractivity contribution >= 4 is 22.9 Å². The van der Waals surface area contributed by atoms with Crippen LogP contribution in [0, 0.1) is 5.82 Å². The van der Waals surface area contributed by atoms with E-state index >= 15 is 0 Å². The number of rotatable bonds is 2. The first kappa shape index (κ1) is 13.9. The molecule has 0 aliphatic heterocycles. The molecule has 3 rings (SSSR count). The van der Waals surface area contributed by atoms with Crippen LogP contribution < -0.4 is 0 Å². The van der Waals surface area contributed by atoms with Gasteiger partial charge in [-0.1, -0.05) is 36.4 Å². The van der Waals surface area contributed by atoms with E-state index in [-0.39, 0.29) is 11.6 Å². The van der Waals surface area contributed by atoms with Gasteiger partial charge in [0.15, 0.2) is 0 Å². The van der Waals surface area contributed by atoms with Gasteiger partial charge in [-0.2, -0.15) is 0 Å². The average molecular weight is 301 g/mol. The fraction of sp³-hybridized carbons (Fsp3) is 0.111. The van der Waals surface area contributed by atoms with E-state index in [1.807, 2.05) is 24.3 Å². The zero-order valence-electron chi connectivity index (χ0n) is 11.4. The highest BCUT2D eigenvalue weighted by Gasteiger charge is 2.18. The van der Waals surface area contributed by atoms with E-state index in [1.54, 1.807) is 6.07 Å². The minimum atomic E-state index is -0.299. The van der Waals surface area contributed by atoms with Crippen molar-refractivity contribution in [2.75, 3.05) is 0 Å². The SMILES string of the molecule is C=C(O)c1ccc2c(c1)C(c1cc(Cl)ccc1F)=CCC2. The Morgan fingerprint density at radius 3 is 2.71 bits per heavy atom. The van der Waals surface area contributed by atoms with Crippen molar-refractivity contribution in [2.24, 2.45) is 0 Å². The molecule has 2 aromatic carbocycles. The molecule has 0 fully saturated rings. The highest BCUT2D eigenvalue weighted by molar-refractivity contribution is 6.30. The third-order valence-electron chi connectivity index (χ3n) is 3.71. The van der Waals surface area contributed by atoms with Gasteiger partial charge in [0.25, 0.3) is 0 Å². The van der Waals surface area contributed by atoms with E-state index in [1.165, 1.54) is 12.1 Å². The van der Waals surface area contributed by atoms with Gasteiger partial charge in [0, 0.05) is 16.1 Å². The lowest BCUT2D eigenvalue weighted by Crippen LogP contribution is -2.03. The zero-order valence-corrected chi connectivity index (χ0v) is 12.1. The summed E-state index contributed by atoms with van der Waals surface area (Å²) in [6.45, 7) is 3.54. The molecule has 0 radical (unpaired) electrons. The Morgan fingerprint density at radius 2 is 1.95 bits per heavy atom. The summed E-state index contributed by atoms with van der Waals surface area (Å²) in [5.74, 6) is -0.291. The van der Waals surface area contributed by atoms with E-state index in [2.05, 4.69) is 6.58 Å². The Hall–Kier alpha value is -2.06. The molecule has 1 N–H and O–H groups in total. The van der Waals surface area contributed by atoms with E-state index < -0.39 is 0 Å². The lowest BCUT2D eigenvalue weighted by Gasteiger charge is -2.20. The number of allylic oxidation sites excluding steroid dienone is 1. The quantitative estimate of drug-likeness (QED) is 0.738. The number of aliphatic hydroxyl groups excluding tert-OH is 1. The predicted octanol–water partition coefficient (Wildman–Crippen LogP) is 5.39. The number of halogens is 2. The van der Waals surface area contributed by atoms with Gasteiger partial charge in [0.2, 0.25) is 0 Å². The second kappa shape index (κ2) is 5.38. The summed E-state index contributed by atoms with van der Waals surface area (Å²) < 4.78 is 14.1. The molecule has 0 bridgehead atoms. The van der Waals surface area contributed by atoms with Gasteiger partial charge in [-0.05, 0) is 53.8 Å². The molecule has 0 heterocycles. The number of fused-ring (bicyclic) bond motifs is 1. The molecular formula is C18H14ClFO. The Bertz CT molecular complexity index is 762. The molecule has 0 atom stereocenters. The van der Waals surface area contributed by atoms with Gasteiger partial charge >= 0.3 is 0 Å². The summed E-state index contributed by atoms with van der Waals surface area (Å²) in [7, 11) is 0. The monoisotopic (exact) mass is 300 g/mol. The van der Waals surface area contributed by atoms with Gasteiger partial charge < -0.3 is 5.11 Å². The van der Waals surface area contributed by atoms with Crippen molar-refractivity contribution in [3.8, 4) is 0 Å². The number of aryl methyl sites for hydroxylation is 1. The highest BCUT2D eigenvalue weighted by atomic mass is 35.5. The Morgan fingerprint density at radius 1 is 1.14 bits per heavy atom. The van der Waals surface area contributed by atoms with E-state index in [0.29, 0.717) is 16.1 Å². The van der Waals surface area contributed by atoms with Crippen LogP contribution in [0.1, 0.15) is 28.7 Å². The lowest BCUT2D eigenvalue weighted by molar-refractivity contribution is 0.514. The first-order chi connectivity index (χ1) is 10.1. The summed E-state index contributed by atoms with van der Waals surface area (Å²) in [5, 5.41) is 10.1. The normalized spacial score (nSPS) is 13.5. The smallest absolute Gasteiger partial charge is 0.131 e. The molecule has 2 aromatic rings. The number of hydrogen-bond acceptors (Lipinski definition) is 1. The van der Waals surface area contributed by atoms with Gasteiger partial charge in [0.05, 0.1) is 0 Å². The zero-order chi connectivity index (χ0) is 15.0. The van der Waals surface area contributed by atoms with Crippen molar-refractivity contribution < 1.29 is 9.50 Å². The number of hydrogen-bond donors (Lipinski definition) is 1. The molecule has 1 nitrogen and oxygen atoms in total. The Balaban J connectivity index is 2.18. The summed E-state index contributed by atoms with van der Waals surface area (Å²) >= 11 is 6.00. The van der Waals surface area contributed by atoms with Crippen LogP contribution in [-0.4, -0.2) is 5.11 Å². The molecule has 0 saturated carbocycles. The van der Waals surface area contributed by atoms with Crippen LogP contribution in [-0.2, 0) is 6.42 Å². The molecule has 3 heteroatoms. The van der Waals surface area contributed by atoms with Gasteiger partial charge in [-0.3, -0.25) is 0 Å². The van der Waals surface area contributed by atoms with Crippen molar-refractivity contribution in [1.82, 2.24) is 0 Å². The second-order valence-corrected chi connectivity index (χ2v) is 5.54. The summed E-state index contributed by atoms with van der Waals surface area (Å²) in [6.07, 6.45) is 3.77. The van der Waals surface area contributed by atoms with Crippen molar-refractivity contribution in [1.29, 1.82) is 0 Å². The van der Waals surface area contributed by atoms with E-state index in [4.69, 9.17) is 11.6 Å².